The van der Waals surface area contributed by atoms with Gasteiger partial charge in [-0.05, 0) is 42.4 Å². The van der Waals surface area contributed by atoms with Gasteiger partial charge in [0, 0.05) is 0 Å². The number of hydrogen-bond acceptors (Lipinski definition) is 3. The first-order valence-corrected chi connectivity index (χ1v) is 10.9. The smallest absolute Gasteiger partial charge is 0.430 e. The van der Waals surface area contributed by atoms with Gasteiger partial charge in [-0.25, -0.2) is 4.79 Å². The van der Waals surface area contributed by atoms with Gasteiger partial charge >= 0.3 is 6.16 Å². The molecule has 0 aromatic heterocycles. The van der Waals surface area contributed by atoms with Crippen molar-refractivity contribution in [2.45, 2.75) is 98.5 Å². The van der Waals surface area contributed by atoms with Crippen molar-refractivity contribution in [3.63, 3.8) is 0 Å². The maximum atomic E-state index is 12.0. The van der Waals surface area contributed by atoms with Gasteiger partial charge < -0.3 is 9.47 Å². The fourth-order valence-corrected chi connectivity index (χ4v) is 3.46. The molecule has 0 heterocycles. The molecule has 0 bridgehead atoms. The van der Waals surface area contributed by atoms with E-state index in [1.807, 2.05) is 24.3 Å². The van der Waals surface area contributed by atoms with Crippen molar-refractivity contribution in [2.24, 2.45) is 11.8 Å². The maximum absolute atomic E-state index is 12.0. The number of carbonyl (C=O) groups excluding carboxylic acids is 1. The van der Waals surface area contributed by atoms with Crippen molar-refractivity contribution < 1.29 is 14.3 Å². The van der Waals surface area contributed by atoms with Crippen LogP contribution in [0.25, 0.3) is 0 Å². The van der Waals surface area contributed by atoms with Gasteiger partial charge in [0.1, 0.15) is 11.9 Å². The van der Waals surface area contributed by atoms with Crippen LogP contribution in [0.5, 0.6) is 5.75 Å². The highest BCUT2D eigenvalue weighted by molar-refractivity contribution is 5.64. The molecule has 0 N–H and O–H groups in total. The standard InChI is InChI=1S/C24H40O3/c1-6-7-8-9-10-11-12-13-14-21-15-17-22(18-16-21)26-24(25)27-23(19(2)3)20(4)5/h15-20,23H,6-14H2,1-5H3. The van der Waals surface area contributed by atoms with E-state index in [1.54, 1.807) is 0 Å². The second-order valence-corrected chi connectivity index (χ2v) is 8.29. The average Bonchev–Trinajstić information content (AvgIpc) is 2.62. The lowest BCUT2D eigenvalue weighted by atomic mass is 9.96. The third-order valence-electron chi connectivity index (χ3n) is 4.99. The quantitative estimate of drug-likeness (QED) is 0.202. The van der Waals surface area contributed by atoms with Gasteiger partial charge in [-0.1, -0.05) is 91.7 Å². The van der Waals surface area contributed by atoms with Gasteiger partial charge in [0.25, 0.3) is 0 Å². The molecule has 0 aliphatic heterocycles. The van der Waals surface area contributed by atoms with Crippen LogP contribution in [0.3, 0.4) is 0 Å². The number of rotatable bonds is 13. The molecule has 0 fully saturated rings. The van der Waals surface area contributed by atoms with E-state index in [9.17, 15) is 4.79 Å². The van der Waals surface area contributed by atoms with Gasteiger partial charge in [0.05, 0.1) is 0 Å². The third-order valence-corrected chi connectivity index (χ3v) is 4.99. The fraction of sp³-hybridized carbons (Fsp3) is 0.708. The first-order chi connectivity index (χ1) is 12.9. The van der Waals surface area contributed by atoms with E-state index in [-0.39, 0.29) is 17.9 Å². The first-order valence-electron chi connectivity index (χ1n) is 10.9. The number of aryl methyl sites for hydroxylation is 1. The molecule has 0 aliphatic carbocycles. The summed E-state index contributed by atoms with van der Waals surface area (Å²) in [4.78, 5) is 12.0. The Bertz CT molecular complexity index is 497. The summed E-state index contributed by atoms with van der Waals surface area (Å²) in [6.07, 6.45) is 11.0. The molecule has 0 saturated heterocycles. The molecule has 1 aromatic rings. The molecular weight excluding hydrogens is 336 g/mol. The minimum atomic E-state index is -0.613. The Balaban J connectivity index is 2.28. The minimum absolute atomic E-state index is 0.126. The molecule has 27 heavy (non-hydrogen) atoms. The molecule has 0 spiro atoms. The SMILES string of the molecule is CCCCCCCCCCc1ccc(OC(=O)OC(C(C)C)C(C)C)cc1. The van der Waals surface area contributed by atoms with Crippen molar-refractivity contribution in [2.75, 3.05) is 0 Å². The molecule has 0 unspecified atom stereocenters. The Morgan fingerprint density at radius 1 is 0.815 bits per heavy atom. The van der Waals surface area contributed by atoms with E-state index in [1.165, 1.54) is 56.9 Å². The molecule has 3 heteroatoms. The van der Waals surface area contributed by atoms with Crippen molar-refractivity contribution >= 4 is 6.16 Å². The molecule has 1 rings (SSSR count). The van der Waals surface area contributed by atoms with Crippen LogP contribution in [0.4, 0.5) is 4.79 Å². The minimum Gasteiger partial charge on any atom is -0.430 e. The van der Waals surface area contributed by atoms with Gasteiger partial charge in [-0.15, -0.1) is 0 Å². The Kier molecular flexibility index (Phi) is 11.9. The van der Waals surface area contributed by atoms with E-state index in [0.29, 0.717) is 5.75 Å². The summed E-state index contributed by atoms with van der Waals surface area (Å²) in [7, 11) is 0. The van der Waals surface area contributed by atoms with Crippen LogP contribution in [0, 0.1) is 11.8 Å². The zero-order valence-corrected chi connectivity index (χ0v) is 18.1. The molecule has 1 aromatic carbocycles. The van der Waals surface area contributed by atoms with Crippen molar-refractivity contribution in [1.82, 2.24) is 0 Å². The van der Waals surface area contributed by atoms with Crippen LogP contribution >= 0.6 is 0 Å². The molecule has 0 atom stereocenters. The van der Waals surface area contributed by atoms with E-state index in [2.05, 4.69) is 34.6 Å². The summed E-state index contributed by atoms with van der Waals surface area (Å²) in [6, 6.07) is 7.82. The molecular formula is C24H40O3. The Morgan fingerprint density at radius 2 is 1.33 bits per heavy atom. The van der Waals surface area contributed by atoms with Crippen molar-refractivity contribution in [1.29, 1.82) is 0 Å². The van der Waals surface area contributed by atoms with Gasteiger partial charge in [0.15, 0.2) is 0 Å². The zero-order chi connectivity index (χ0) is 20.1. The second-order valence-electron chi connectivity index (χ2n) is 8.29. The summed E-state index contributed by atoms with van der Waals surface area (Å²) in [5.41, 5.74) is 1.30. The summed E-state index contributed by atoms with van der Waals surface area (Å²) in [5.74, 6) is 1.09. The lowest BCUT2D eigenvalue weighted by Gasteiger charge is -2.24. The topological polar surface area (TPSA) is 35.5 Å². The maximum Gasteiger partial charge on any atom is 0.514 e. The Labute approximate surface area is 166 Å². The molecule has 3 nitrogen and oxygen atoms in total. The molecule has 0 saturated carbocycles. The highest BCUT2D eigenvalue weighted by Crippen LogP contribution is 2.19. The highest BCUT2D eigenvalue weighted by atomic mass is 16.7. The predicted octanol–water partition coefficient (Wildman–Crippen LogP) is 7.57. The highest BCUT2D eigenvalue weighted by Gasteiger charge is 2.23. The van der Waals surface area contributed by atoms with Crippen LogP contribution in [-0.2, 0) is 11.2 Å². The summed E-state index contributed by atoms with van der Waals surface area (Å²) < 4.78 is 10.8. The number of hydrogen-bond donors (Lipinski definition) is 0. The predicted molar refractivity (Wildman–Crippen MR) is 113 cm³/mol. The molecule has 154 valence electrons. The van der Waals surface area contributed by atoms with Crippen molar-refractivity contribution in [3.05, 3.63) is 29.8 Å². The average molecular weight is 377 g/mol. The van der Waals surface area contributed by atoms with Crippen LogP contribution in [0.1, 0.15) is 91.5 Å². The third kappa shape index (κ3) is 10.4. The number of benzene rings is 1. The van der Waals surface area contributed by atoms with E-state index >= 15 is 0 Å². The number of carbonyl (C=O) groups is 1. The second kappa shape index (κ2) is 13.6. The van der Waals surface area contributed by atoms with Crippen molar-refractivity contribution in [3.8, 4) is 5.75 Å². The lowest BCUT2D eigenvalue weighted by molar-refractivity contribution is 0.0143. The molecule has 0 aliphatic rings. The summed E-state index contributed by atoms with van der Waals surface area (Å²) in [6.45, 7) is 10.5. The summed E-state index contributed by atoms with van der Waals surface area (Å²) in [5, 5.41) is 0. The number of ether oxygens (including phenoxy) is 2. The molecule has 0 amide bonds. The van der Waals surface area contributed by atoms with Crippen LogP contribution < -0.4 is 4.74 Å². The van der Waals surface area contributed by atoms with Gasteiger partial charge in [-0.2, -0.15) is 0 Å². The van der Waals surface area contributed by atoms with E-state index < -0.39 is 6.16 Å². The van der Waals surface area contributed by atoms with Crippen LogP contribution in [0.2, 0.25) is 0 Å². The zero-order valence-electron chi connectivity index (χ0n) is 18.1. The van der Waals surface area contributed by atoms with Crippen LogP contribution in [0.15, 0.2) is 24.3 Å². The largest absolute Gasteiger partial charge is 0.514 e. The van der Waals surface area contributed by atoms with E-state index in [0.717, 1.165) is 6.42 Å². The van der Waals surface area contributed by atoms with Crippen LogP contribution in [-0.4, -0.2) is 12.3 Å². The Morgan fingerprint density at radius 3 is 1.85 bits per heavy atom. The van der Waals surface area contributed by atoms with Gasteiger partial charge in [0.2, 0.25) is 0 Å². The fourth-order valence-electron chi connectivity index (χ4n) is 3.46. The lowest BCUT2D eigenvalue weighted by Crippen LogP contribution is -2.30. The molecule has 0 radical (unpaired) electrons. The monoisotopic (exact) mass is 376 g/mol. The number of unbranched alkanes of at least 4 members (excludes halogenated alkanes) is 7. The Hall–Kier alpha value is -1.51. The first kappa shape index (κ1) is 23.5. The normalized spacial score (nSPS) is 11.4. The van der Waals surface area contributed by atoms with Gasteiger partial charge in [-0.3, -0.25) is 0 Å². The summed E-state index contributed by atoms with van der Waals surface area (Å²) >= 11 is 0. The van der Waals surface area contributed by atoms with E-state index in [4.69, 9.17) is 9.47 Å².